The first-order valence-corrected chi connectivity index (χ1v) is 6.09. The maximum Gasteiger partial charge on any atom is 0.415 e. The van der Waals surface area contributed by atoms with Crippen molar-refractivity contribution in [3.63, 3.8) is 0 Å². The van der Waals surface area contributed by atoms with Gasteiger partial charge >= 0.3 is 6.09 Å². The number of nitrogens with zero attached hydrogens (tertiary/aromatic N) is 1. The van der Waals surface area contributed by atoms with Crippen molar-refractivity contribution in [3.05, 3.63) is 29.3 Å². The van der Waals surface area contributed by atoms with Crippen LogP contribution in [0.4, 0.5) is 10.5 Å². The van der Waals surface area contributed by atoms with E-state index < -0.39 is 0 Å². The summed E-state index contributed by atoms with van der Waals surface area (Å²) in [4.78, 5) is 13.6. The van der Waals surface area contributed by atoms with Gasteiger partial charge in [0.1, 0.15) is 6.10 Å². The van der Waals surface area contributed by atoms with Crippen LogP contribution in [0.15, 0.2) is 24.3 Å². The Morgan fingerprint density at radius 3 is 3.18 bits per heavy atom. The summed E-state index contributed by atoms with van der Waals surface area (Å²) in [6.07, 6.45) is 0.599. The molecule has 0 bridgehead atoms. The van der Waals surface area contributed by atoms with Gasteiger partial charge in [-0.2, -0.15) is 0 Å². The van der Waals surface area contributed by atoms with Crippen LogP contribution in [-0.2, 0) is 4.74 Å². The zero-order valence-corrected chi connectivity index (χ0v) is 9.98. The lowest BCUT2D eigenvalue weighted by Gasteiger charge is -2.28. The van der Waals surface area contributed by atoms with Crippen molar-refractivity contribution in [2.45, 2.75) is 18.6 Å². The number of fused-ring (bicyclic) bond motifs is 1. The van der Waals surface area contributed by atoms with Gasteiger partial charge in [0.25, 0.3) is 0 Å². The van der Waals surface area contributed by atoms with Crippen molar-refractivity contribution in [2.24, 2.45) is 0 Å². The number of benzene rings is 1. The van der Waals surface area contributed by atoms with Gasteiger partial charge in [-0.25, -0.2) is 4.79 Å². The third kappa shape index (κ3) is 1.87. The highest BCUT2D eigenvalue weighted by atomic mass is 35.5. The zero-order chi connectivity index (χ0) is 11.8. The van der Waals surface area contributed by atoms with Gasteiger partial charge in [-0.15, -0.1) is 0 Å². The number of carbonyl (C=O) groups excluding carboxylic acids is 1. The SMILES string of the molecule is O=C1OC2CCNCC2N1c1cccc(Cl)c1. The predicted octanol–water partition coefficient (Wildman–Crippen LogP) is 2.03. The number of anilines is 1. The number of hydrogen-bond donors (Lipinski definition) is 1. The lowest BCUT2D eigenvalue weighted by Crippen LogP contribution is -2.49. The van der Waals surface area contributed by atoms with E-state index in [-0.39, 0.29) is 18.2 Å². The van der Waals surface area contributed by atoms with Crippen molar-refractivity contribution < 1.29 is 9.53 Å². The van der Waals surface area contributed by atoms with Crippen LogP contribution < -0.4 is 10.2 Å². The largest absolute Gasteiger partial charge is 0.444 e. The highest BCUT2D eigenvalue weighted by Gasteiger charge is 2.43. The maximum absolute atomic E-state index is 11.9. The molecule has 2 aliphatic heterocycles. The molecule has 17 heavy (non-hydrogen) atoms. The molecule has 4 nitrogen and oxygen atoms in total. The highest BCUT2D eigenvalue weighted by Crippen LogP contribution is 2.30. The molecule has 0 spiro atoms. The Hall–Kier alpha value is -1.26. The molecule has 0 aliphatic carbocycles. The van der Waals surface area contributed by atoms with Crippen molar-refractivity contribution in [1.82, 2.24) is 5.32 Å². The summed E-state index contributed by atoms with van der Waals surface area (Å²) in [6, 6.07) is 7.39. The number of piperidine rings is 1. The summed E-state index contributed by atoms with van der Waals surface area (Å²) in [5.41, 5.74) is 0.804. The number of rotatable bonds is 1. The number of amides is 1. The number of hydrogen-bond acceptors (Lipinski definition) is 3. The van der Waals surface area contributed by atoms with Crippen LogP contribution in [0, 0.1) is 0 Å². The van der Waals surface area contributed by atoms with Gasteiger partial charge in [0.15, 0.2) is 0 Å². The third-order valence-corrected chi connectivity index (χ3v) is 3.49. The van der Waals surface area contributed by atoms with E-state index in [1.807, 2.05) is 12.1 Å². The minimum Gasteiger partial charge on any atom is -0.444 e. The molecule has 2 fully saturated rings. The molecule has 2 atom stereocenters. The van der Waals surface area contributed by atoms with Crippen LogP contribution in [-0.4, -0.2) is 31.3 Å². The Morgan fingerprint density at radius 1 is 1.47 bits per heavy atom. The molecule has 1 aromatic rings. The number of nitrogens with one attached hydrogen (secondary N) is 1. The van der Waals surface area contributed by atoms with Crippen LogP contribution in [0.5, 0.6) is 0 Å². The van der Waals surface area contributed by atoms with Gasteiger partial charge in [0.05, 0.1) is 6.04 Å². The number of halogens is 1. The Balaban J connectivity index is 1.93. The van der Waals surface area contributed by atoms with Crippen molar-refractivity contribution in [3.8, 4) is 0 Å². The molecular formula is C12H13ClN2O2. The average molecular weight is 253 g/mol. The third-order valence-electron chi connectivity index (χ3n) is 3.26. The Morgan fingerprint density at radius 2 is 2.35 bits per heavy atom. The van der Waals surface area contributed by atoms with Crippen molar-refractivity contribution >= 4 is 23.4 Å². The van der Waals surface area contributed by atoms with Gasteiger partial charge in [0.2, 0.25) is 0 Å². The van der Waals surface area contributed by atoms with Gasteiger partial charge in [-0.05, 0) is 31.2 Å². The van der Waals surface area contributed by atoms with Gasteiger partial charge in [-0.1, -0.05) is 17.7 Å². The van der Waals surface area contributed by atoms with E-state index in [0.717, 1.165) is 25.2 Å². The summed E-state index contributed by atoms with van der Waals surface area (Å²) in [7, 11) is 0. The molecule has 2 heterocycles. The second-order valence-electron chi connectivity index (χ2n) is 4.33. The highest BCUT2D eigenvalue weighted by molar-refractivity contribution is 6.30. The molecule has 0 aromatic heterocycles. The summed E-state index contributed by atoms with van der Waals surface area (Å²) in [5, 5.41) is 3.91. The van der Waals surface area contributed by atoms with E-state index in [2.05, 4.69) is 5.32 Å². The Bertz CT molecular complexity index is 452. The van der Waals surface area contributed by atoms with Crippen molar-refractivity contribution in [1.29, 1.82) is 0 Å². The standard InChI is InChI=1S/C12H13ClN2O2/c13-8-2-1-3-9(6-8)15-10-7-14-5-4-11(10)17-12(15)16/h1-3,6,10-11,14H,4-5,7H2. The first kappa shape index (κ1) is 10.9. The molecule has 2 aliphatic rings. The smallest absolute Gasteiger partial charge is 0.415 e. The van der Waals surface area contributed by atoms with Gasteiger partial charge < -0.3 is 10.1 Å². The fourth-order valence-electron chi connectivity index (χ4n) is 2.46. The molecule has 0 radical (unpaired) electrons. The van der Waals surface area contributed by atoms with Gasteiger partial charge in [-0.3, -0.25) is 4.90 Å². The maximum atomic E-state index is 11.9. The topological polar surface area (TPSA) is 41.6 Å². The molecule has 90 valence electrons. The molecule has 2 unspecified atom stereocenters. The lowest BCUT2D eigenvalue weighted by atomic mass is 10.0. The average Bonchev–Trinajstić information content (AvgIpc) is 2.64. The Labute approximate surface area is 104 Å². The number of carbonyl (C=O) groups is 1. The van der Waals surface area contributed by atoms with Crippen LogP contribution in [0.1, 0.15) is 6.42 Å². The summed E-state index contributed by atoms with van der Waals surface area (Å²) in [6.45, 7) is 1.67. The molecular weight excluding hydrogens is 240 g/mol. The molecule has 1 aromatic carbocycles. The van der Waals surface area contributed by atoms with E-state index in [9.17, 15) is 4.79 Å². The zero-order valence-electron chi connectivity index (χ0n) is 9.23. The second-order valence-corrected chi connectivity index (χ2v) is 4.77. The molecule has 2 saturated heterocycles. The molecule has 0 saturated carbocycles. The van der Waals surface area contributed by atoms with Crippen molar-refractivity contribution in [2.75, 3.05) is 18.0 Å². The first-order chi connectivity index (χ1) is 8.25. The van der Waals surface area contributed by atoms with Crippen LogP contribution in [0.2, 0.25) is 5.02 Å². The quantitative estimate of drug-likeness (QED) is 0.832. The van der Waals surface area contributed by atoms with Crippen LogP contribution in [0.25, 0.3) is 0 Å². The van der Waals surface area contributed by atoms with Crippen LogP contribution in [0.3, 0.4) is 0 Å². The van der Waals surface area contributed by atoms with E-state index in [1.165, 1.54) is 0 Å². The second kappa shape index (κ2) is 4.20. The van der Waals surface area contributed by atoms with E-state index in [4.69, 9.17) is 16.3 Å². The number of ether oxygens (including phenoxy) is 1. The minimum absolute atomic E-state index is 0.00253. The van der Waals surface area contributed by atoms with Gasteiger partial charge in [0, 0.05) is 17.3 Å². The lowest BCUT2D eigenvalue weighted by molar-refractivity contribution is 0.117. The molecule has 1 N–H and O–H groups in total. The summed E-state index contributed by atoms with van der Waals surface area (Å²) < 4.78 is 5.38. The molecule has 5 heteroatoms. The fourth-order valence-corrected chi connectivity index (χ4v) is 2.64. The molecule has 1 amide bonds. The first-order valence-electron chi connectivity index (χ1n) is 5.72. The monoisotopic (exact) mass is 252 g/mol. The summed E-state index contributed by atoms with van der Waals surface area (Å²) >= 11 is 5.95. The fraction of sp³-hybridized carbons (Fsp3) is 0.417. The minimum atomic E-state index is -0.272. The van der Waals surface area contributed by atoms with Crippen LogP contribution >= 0.6 is 11.6 Å². The summed E-state index contributed by atoms with van der Waals surface area (Å²) in [5.74, 6) is 0. The normalized spacial score (nSPS) is 27.8. The van der Waals surface area contributed by atoms with E-state index >= 15 is 0 Å². The van der Waals surface area contributed by atoms with E-state index in [1.54, 1.807) is 17.0 Å². The predicted molar refractivity (Wildman–Crippen MR) is 65.5 cm³/mol. The molecule has 3 rings (SSSR count). The van der Waals surface area contributed by atoms with E-state index in [0.29, 0.717) is 5.02 Å². The Kier molecular flexibility index (Phi) is 2.68.